The lowest BCUT2D eigenvalue weighted by atomic mass is 10.1. The summed E-state index contributed by atoms with van der Waals surface area (Å²) in [5, 5.41) is 3.27. The predicted molar refractivity (Wildman–Crippen MR) is 69.1 cm³/mol. The zero-order chi connectivity index (χ0) is 12.5. The molecule has 4 nitrogen and oxygen atoms in total. The fourth-order valence-electron chi connectivity index (χ4n) is 2.47. The molecule has 0 aliphatic carbocycles. The molecule has 4 heteroatoms. The molecular weight excluding hydrogens is 228 g/mol. The topological polar surface area (TPSA) is 41.6 Å². The minimum absolute atomic E-state index is 0.0322. The quantitative estimate of drug-likeness (QED) is 0.847. The Morgan fingerprint density at radius 1 is 1.39 bits per heavy atom. The molecule has 0 aromatic heterocycles. The average Bonchev–Trinajstić information content (AvgIpc) is 2.66. The first-order valence-corrected chi connectivity index (χ1v) is 6.20. The minimum atomic E-state index is 0.0322. The van der Waals surface area contributed by atoms with Gasteiger partial charge in [-0.3, -0.25) is 4.79 Å². The highest BCUT2D eigenvalue weighted by molar-refractivity contribution is 6.08. The zero-order valence-electron chi connectivity index (χ0n) is 10.2. The molecule has 1 N–H and O–H groups in total. The Morgan fingerprint density at radius 2 is 2.17 bits per heavy atom. The first-order valence-electron chi connectivity index (χ1n) is 6.20. The van der Waals surface area contributed by atoms with Gasteiger partial charge in [0, 0.05) is 29.9 Å². The van der Waals surface area contributed by atoms with Crippen LogP contribution in [0.25, 0.3) is 5.70 Å². The molecule has 1 amide bonds. The van der Waals surface area contributed by atoms with Crippen LogP contribution in [0.4, 0.5) is 0 Å². The number of carbonyl (C=O) groups is 1. The molecule has 0 radical (unpaired) electrons. The van der Waals surface area contributed by atoms with Crippen molar-refractivity contribution in [1.82, 2.24) is 10.2 Å². The zero-order valence-corrected chi connectivity index (χ0v) is 10.2. The number of nitrogens with zero attached hydrogens (tertiary/aromatic N) is 1. The molecule has 2 aliphatic heterocycles. The van der Waals surface area contributed by atoms with Crippen molar-refractivity contribution in [1.29, 1.82) is 0 Å². The molecule has 18 heavy (non-hydrogen) atoms. The van der Waals surface area contributed by atoms with Crippen molar-refractivity contribution in [2.24, 2.45) is 0 Å². The molecule has 1 fully saturated rings. The minimum Gasteiger partial charge on any atom is -0.374 e. The average molecular weight is 244 g/mol. The Labute approximate surface area is 106 Å². The summed E-state index contributed by atoms with van der Waals surface area (Å²) in [6.45, 7) is 6.96. The molecule has 1 saturated heterocycles. The SMILES string of the molecule is C=C1c2ccccc2C(=O)N1CC1CNCCO1. The largest absolute Gasteiger partial charge is 0.374 e. The Morgan fingerprint density at radius 3 is 2.83 bits per heavy atom. The van der Waals surface area contributed by atoms with Crippen molar-refractivity contribution >= 4 is 11.6 Å². The third kappa shape index (κ3) is 1.83. The number of benzene rings is 1. The molecular formula is C14H16N2O2. The lowest BCUT2D eigenvalue weighted by molar-refractivity contribution is 0.0155. The summed E-state index contributed by atoms with van der Waals surface area (Å²) in [5.74, 6) is 0.0322. The van der Waals surface area contributed by atoms with Gasteiger partial charge in [-0.2, -0.15) is 0 Å². The number of ether oxygens (including phenoxy) is 1. The maximum absolute atomic E-state index is 12.3. The molecule has 94 valence electrons. The van der Waals surface area contributed by atoms with Crippen LogP contribution in [0, 0.1) is 0 Å². The number of carbonyl (C=O) groups excluding carboxylic acids is 1. The summed E-state index contributed by atoms with van der Waals surface area (Å²) in [7, 11) is 0. The summed E-state index contributed by atoms with van der Waals surface area (Å²) in [4.78, 5) is 14.0. The smallest absolute Gasteiger partial charge is 0.259 e. The van der Waals surface area contributed by atoms with E-state index in [1.54, 1.807) is 4.90 Å². The van der Waals surface area contributed by atoms with Crippen LogP contribution in [-0.4, -0.2) is 43.2 Å². The maximum Gasteiger partial charge on any atom is 0.259 e. The number of hydrogen-bond donors (Lipinski definition) is 1. The summed E-state index contributed by atoms with van der Waals surface area (Å²) in [6.07, 6.45) is 0.0498. The third-order valence-electron chi connectivity index (χ3n) is 3.43. The summed E-state index contributed by atoms with van der Waals surface area (Å²) >= 11 is 0. The molecule has 1 aromatic rings. The van der Waals surface area contributed by atoms with Gasteiger partial charge in [-0.1, -0.05) is 24.8 Å². The fraction of sp³-hybridized carbons (Fsp3) is 0.357. The lowest BCUT2D eigenvalue weighted by Gasteiger charge is -2.28. The molecule has 0 bridgehead atoms. The third-order valence-corrected chi connectivity index (χ3v) is 3.43. The number of hydrogen-bond acceptors (Lipinski definition) is 3. The first-order chi connectivity index (χ1) is 8.77. The first kappa shape index (κ1) is 11.4. The second-order valence-electron chi connectivity index (χ2n) is 4.60. The van der Waals surface area contributed by atoms with Crippen molar-refractivity contribution in [3.63, 3.8) is 0 Å². The van der Waals surface area contributed by atoms with Crippen LogP contribution in [0.15, 0.2) is 30.8 Å². The van der Waals surface area contributed by atoms with E-state index in [4.69, 9.17) is 4.74 Å². The Hall–Kier alpha value is -1.65. The maximum atomic E-state index is 12.3. The van der Waals surface area contributed by atoms with Crippen LogP contribution in [0.2, 0.25) is 0 Å². The van der Waals surface area contributed by atoms with Gasteiger partial charge in [0.1, 0.15) is 0 Å². The van der Waals surface area contributed by atoms with Crippen LogP contribution in [0.3, 0.4) is 0 Å². The monoisotopic (exact) mass is 244 g/mol. The van der Waals surface area contributed by atoms with E-state index >= 15 is 0 Å². The van der Waals surface area contributed by atoms with Gasteiger partial charge in [0.25, 0.3) is 5.91 Å². The number of amides is 1. The van der Waals surface area contributed by atoms with Crippen molar-refractivity contribution in [3.8, 4) is 0 Å². The molecule has 2 aliphatic rings. The molecule has 2 heterocycles. The highest BCUT2D eigenvalue weighted by atomic mass is 16.5. The fourth-order valence-corrected chi connectivity index (χ4v) is 2.47. The second-order valence-corrected chi connectivity index (χ2v) is 4.60. The van der Waals surface area contributed by atoms with E-state index in [9.17, 15) is 4.79 Å². The second kappa shape index (κ2) is 4.55. The molecule has 3 rings (SSSR count). The van der Waals surface area contributed by atoms with Crippen molar-refractivity contribution in [3.05, 3.63) is 42.0 Å². The van der Waals surface area contributed by atoms with E-state index in [0.29, 0.717) is 13.2 Å². The Balaban J connectivity index is 1.79. The molecule has 0 saturated carbocycles. The van der Waals surface area contributed by atoms with E-state index in [-0.39, 0.29) is 12.0 Å². The van der Waals surface area contributed by atoms with Gasteiger partial charge in [0.15, 0.2) is 0 Å². The molecule has 0 spiro atoms. The van der Waals surface area contributed by atoms with Gasteiger partial charge in [-0.05, 0) is 6.07 Å². The summed E-state index contributed by atoms with van der Waals surface area (Å²) < 4.78 is 5.64. The van der Waals surface area contributed by atoms with Crippen LogP contribution < -0.4 is 5.32 Å². The highest BCUT2D eigenvalue weighted by Crippen LogP contribution is 2.31. The number of rotatable bonds is 2. The van der Waals surface area contributed by atoms with E-state index in [2.05, 4.69) is 11.9 Å². The van der Waals surface area contributed by atoms with E-state index in [1.165, 1.54) is 0 Å². The Kier molecular flexibility index (Phi) is 2.89. The van der Waals surface area contributed by atoms with Crippen LogP contribution >= 0.6 is 0 Å². The molecule has 1 atom stereocenters. The van der Waals surface area contributed by atoms with Gasteiger partial charge in [-0.15, -0.1) is 0 Å². The number of nitrogens with one attached hydrogen (secondary N) is 1. The van der Waals surface area contributed by atoms with Gasteiger partial charge in [0.2, 0.25) is 0 Å². The van der Waals surface area contributed by atoms with Crippen molar-refractivity contribution < 1.29 is 9.53 Å². The van der Waals surface area contributed by atoms with Crippen molar-refractivity contribution in [2.75, 3.05) is 26.2 Å². The van der Waals surface area contributed by atoms with Gasteiger partial charge < -0.3 is 15.0 Å². The van der Waals surface area contributed by atoms with E-state index < -0.39 is 0 Å². The normalized spacial score (nSPS) is 23.3. The van der Waals surface area contributed by atoms with Crippen molar-refractivity contribution in [2.45, 2.75) is 6.10 Å². The standard InChI is InChI=1S/C14H16N2O2/c1-10-12-4-2-3-5-13(12)14(17)16(10)9-11-8-15-6-7-18-11/h2-5,11,15H,1,6-9H2. The van der Waals surface area contributed by atoms with Crippen LogP contribution in [0.5, 0.6) is 0 Å². The lowest BCUT2D eigenvalue weighted by Crippen LogP contribution is -2.45. The van der Waals surface area contributed by atoms with Crippen LogP contribution in [-0.2, 0) is 4.74 Å². The van der Waals surface area contributed by atoms with E-state index in [1.807, 2.05) is 24.3 Å². The summed E-state index contributed by atoms with van der Waals surface area (Å²) in [5.41, 5.74) is 2.46. The number of morpholine rings is 1. The molecule has 1 aromatic carbocycles. The highest BCUT2D eigenvalue weighted by Gasteiger charge is 2.32. The predicted octanol–water partition coefficient (Wildman–Crippen LogP) is 1.10. The van der Waals surface area contributed by atoms with Gasteiger partial charge >= 0.3 is 0 Å². The number of fused-ring (bicyclic) bond motifs is 1. The van der Waals surface area contributed by atoms with Gasteiger partial charge in [-0.25, -0.2) is 0 Å². The summed E-state index contributed by atoms with van der Waals surface area (Å²) in [6, 6.07) is 7.60. The van der Waals surface area contributed by atoms with Gasteiger partial charge in [0.05, 0.1) is 19.3 Å². The molecule has 1 unspecified atom stereocenters. The van der Waals surface area contributed by atoms with E-state index in [0.717, 1.165) is 29.9 Å². The van der Waals surface area contributed by atoms with Crippen LogP contribution in [0.1, 0.15) is 15.9 Å². The Bertz CT molecular complexity index is 457.